The molecule has 0 aliphatic heterocycles. The first kappa shape index (κ1) is 25.5. The average molecular weight is 477 g/mol. The van der Waals surface area contributed by atoms with Gasteiger partial charge in [0.1, 0.15) is 5.75 Å². The molecule has 2 N–H and O–H groups in total. The van der Waals surface area contributed by atoms with Crippen molar-refractivity contribution >= 4 is 18.1 Å². The Morgan fingerprint density at radius 1 is 0.971 bits per heavy atom. The average Bonchev–Trinajstić information content (AvgIpc) is 2.89. The van der Waals surface area contributed by atoms with Gasteiger partial charge >= 0.3 is 5.97 Å². The molecule has 0 aromatic heterocycles. The lowest BCUT2D eigenvalue weighted by Crippen LogP contribution is -2.25. The van der Waals surface area contributed by atoms with Crippen molar-refractivity contribution in [2.24, 2.45) is 5.10 Å². The summed E-state index contributed by atoms with van der Waals surface area (Å²) in [5, 5.41) is 14.0. The molecule has 3 aromatic rings. The van der Waals surface area contributed by atoms with Crippen molar-refractivity contribution in [3.05, 3.63) is 89.5 Å². The summed E-state index contributed by atoms with van der Waals surface area (Å²) in [5.41, 5.74) is 3.75. The molecule has 0 saturated heterocycles. The minimum Gasteiger partial charge on any atom is -0.494 e. The van der Waals surface area contributed by atoms with E-state index in [1.807, 2.05) is 13.8 Å². The number of nitrogens with zero attached hydrogens (tertiary/aromatic N) is 1. The molecule has 0 spiro atoms. The summed E-state index contributed by atoms with van der Waals surface area (Å²) < 4.78 is 16.7. The zero-order valence-electron chi connectivity index (χ0n) is 19.6. The molecule has 8 nitrogen and oxygen atoms in total. The van der Waals surface area contributed by atoms with Gasteiger partial charge in [-0.05, 0) is 66.9 Å². The molecule has 0 heterocycles. The van der Waals surface area contributed by atoms with Gasteiger partial charge in [-0.2, -0.15) is 5.10 Å². The molecule has 0 radical (unpaired) electrons. The maximum Gasteiger partial charge on any atom is 0.343 e. The van der Waals surface area contributed by atoms with Crippen LogP contribution in [0.15, 0.2) is 77.9 Å². The number of rotatable bonds is 11. The molecule has 8 heteroatoms. The summed E-state index contributed by atoms with van der Waals surface area (Å²) in [4.78, 5) is 24.7. The summed E-state index contributed by atoms with van der Waals surface area (Å²) in [5.74, 6) is 0.100. The van der Waals surface area contributed by atoms with Crippen LogP contribution in [0.2, 0.25) is 0 Å². The van der Waals surface area contributed by atoms with Crippen LogP contribution in [0.5, 0.6) is 17.2 Å². The minimum absolute atomic E-state index is 0.254. The van der Waals surface area contributed by atoms with Crippen LogP contribution < -0.4 is 19.6 Å². The van der Waals surface area contributed by atoms with E-state index in [2.05, 4.69) is 10.5 Å². The molecule has 3 rings (SSSR count). The number of nitrogens with one attached hydrogen (secondary N) is 1. The molecule has 0 aliphatic rings. The van der Waals surface area contributed by atoms with E-state index in [0.717, 1.165) is 6.42 Å². The van der Waals surface area contributed by atoms with Gasteiger partial charge in [-0.15, -0.1) is 0 Å². The van der Waals surface area contributed by atoms with Crippen LogP contribution in [-0.4, -0.2) is 36.4 Å². The second-order valence-electron chi connectivity index (χ2n) is 7.45. The monoisotopic (exact) mass is 476 g/mol. The Bertz CT molecular complexity index is 1150. The lowest BCUT2D eigenvalue weighted by atomic mass is 10.1. The quantitative estimate of drug-likeness (QED) is 0.185. The highest BCUT2D eigenvalue weighted by molar-refractivity contribution is 5.92. The summed E-state index contributed by atoms with van der Waals surface area (Å²) in [7, 11) is 0. The van der Waals surface area contributed by atoms with Crippen molar-refractivity contribution in [2.75, 3.05) is 13.2 Å². The van der Waals surface area contributed by atoms with E-state index in [-0.39, 0.29) is 5.75 Å². The van der Waals surface area contributed by atoms with Crippen molar-refractivity contribution < 1.29 is 28.9 Å². The number of aliphatic hydroxyl groups is 1. The molecule has 0 saturated carbocycles. The normalized spacial score (nSPS) is 11.6. The van der Waals surface area contributed by atoms with Gasteiger partial charge in [-0.3, -0.25) is 4.79 Å². The van der Waals surface area contributed by atoms with Gasteiger partial charge in [0.25, 0.3) is 5.91 Å². The molecule has 0 aliphatic carbocycles. The van der Waals surface area contributed by atoms with Gasteiger partial charge in [0, 0.05) is 0 Å². The fourth-order valence-electron chi connectivity index (χ4n) is 3.04. The fourth-order valence-corrected chi connectivity index (χ4v) is 3.04. The topological polar surface area (TPSA) is 106 Å². The largest absolute Gasteiger partial charge is 0.494 e. The molecular formula is C27H28N2O6. The maximum atomic E-state index is 12.6. The van der Waals surface area contributed by atoms with Gasteiger partial charge in [-0.1, -0.05) is 37.3 Å². The van der Waals surface area contributed by atoms with E-state index in [1.165, 1.54) is 6.21 Å². The van der Waals surface area contributed by atoms with Gasteiger partial charge < -0.3 is 19.3 Å². The number of ether oxygens (including phenoxy) is 3. The smallest absolute Gasteiger partial charge is 0.343 e. The van der Waals surface area contributed by atoms with E-state index in [4.69, 9.17) is 14.2 Å². The number of hydrazone groups is 1. The first-order chi connectivity index (χ1) is 17.0. The molecule has 182 valence electrons. The zero-order chi connectivity index (χ0) is 25.0. The van der Waals surface area contributed by atoms with Gasteiger partial charge in [0.2, 0.25) is 0 Å². The number of hydrogen-bond acceptors (Lipinski definition) is 7. The number of carbonyl (C=O) groups excluding carboxylic acids is 2. The summed E-state index contributed by atoms with van der Waals surface area (Å²) in [6, 6.07) is 20.2. The Kier molecular flexibility index (Phi) is 9.39. The second-order valence-corrected chi connectivity index (χ2v) is 7.45. The van der Waals surface area contributed by atoms with Gasteiger partial charge in [0.15, 0.2) is 17.6 Å². The first-order valence-corrected chi connectivity index (χ1v) is 11.3. The summed E-state index contributed by atoms with van der Waals surface area (Å²) >= 11 is 0. The van der Waals surface area contributed by atoms with Crippen molar-refractivity contribution in [2.45, 2.75) is 26.4 Å². The lowest BCUT2D eigenvalue weighted by molar-refractivity contribution is -0.129. The number of benzene rings is 3. The number of amides is 1. The maximum absolute atomic E-state index is 12.6. The molecule has 35 heavy (non-hydrogen) atoms. The Labute approximate surface area is 204 Å². The van der Waals surface area contributed by atoms with Crippen LogP contribution in [0.25, 0.3) is 0 Å². The number of esters is 1. The van der Waals surface area contributed by atoms with E-state index in [1.54, 1.807) is 72.8 Å². The SMILES string of the molecule is CCCOc1ccc(C(=O)Oc2ccc(/C=N/NC(=O)C(O)c3ccccc3)cc2OCC)cc1. The van der Waals surface area contributed by atoms with Crippen LogP contribution >= 0.6 is 0 Å². The van der Waals surface area contributed by atoms with Gasteiger partial charge in [-0.25, -0.2) is 10.2 Å². The third-order valence-corrected chi connectivity index (χ3v) is 4.79. The molecule has 1 atom stereocenters. The number of carbonyl (C=O) groups is 2. The predicted molar refractivity (Wildman–Crippen MR) is 132 cm³/mol. The van der Waals surface area contributed by atoms with Crippen LogP contribution in [-0.2, 0) is 4.79 Å². The molecule has 0 fully saturated rings. The molecule has 0 bridgehead atoms. The Morgan fingerprint density at radius 2 is 1.71 bits per heavy atom. The van der Waals surface area contributed by atoms with Crippen molar-refractivity contribution in [1.29, 1.82) is 0 Å². The van der Waals surface area contributed by atoms with Gasteiger partial charge in [0.05, 0.1) is 25.0 Å². The summed E-state index contributed by atoms with van der Waals surface area (Å²) in [6.07, 6.45) is 0.965. The third-order valence-electron chi connectivity index (χ3n) is 4.79. The Hall–Kier alpha value is -4.17. The van der Waals surface area contributed by atoms with Crippen LogP contribution in [0.1, 0.15) is 47.9 Å². The highest BCUT2D eigenvalue weighted by atomic mass is 16.6. The molecule has 3 aromatic carbocycles. The minimum atomic E-state index is -1.33. The summed E-state index contributed by atoms with van der Waals surface area (Å²) in [6.45, 7) is 4.79. The van der Waals surface area contributed by atoms with Crippen molar-refractivity contribution in [3.63, 3.8) is 0 Å². The molecule has 1 amide bonds. The highest BCUT2D eigenvalue weighted by Crippen LogP contribution is 2.29. The van der Waals surface area contributed by atoms with Crippen molar-refractivity contribution in [3.8, 4) is 17.2 Å². The zero-order valence-corrected chi connectivity index (χ0v) is 19.6. The van der Waals surface area contributed by atoms with Crippen molar-refractivity contribution in [1.82, 2.24) is 5.43 Å². The molecule has 1 unspecified atom stereocenters. The highest BCUT2D eigenvalue weighted by Gasteiger charge is 2.16. The van der Waals surface area contributed by atoms with Crippen LogP contribution in [0.4, 0.5) is 0 Å². The van der Waals surface area contributed by atoms with E-state index < -0.39 is 18.0 Å². The third kappa shape index (κ3) is 7.41. The number of hydrogen-bond donors (Lipinski definition) is 2. The fraction of sp³-hybridized carbons (Fsp3) is 0.222. The Morgan fingerprint density at radius 3 is 2.40 bits per heavy atom. The lowest BCUT2D eigenvalue weighted by Gasteiger charge is -2.12. The van der Waals surface area contributed by atoms with E-state index in [9.17, 15) is 14.7 Å². The van der Waals surface area contributed by atoms with Crippen LogP contribution in [0.3, 0.4) is 0 Å². The van der Waals surface area contributed by atoms with E-state index >= 15 is 0 Å². The Balaban J connectivity index is 1.64. The number of aliphatic hydroxyl groups excluding tert-OH is 1. The first-order valence-electron chi connectivity index (χ1n) is 11.3. The van der Waals surface area contributed by atoms with Crippen LogP contribution in [0, 0.1) is 0 Å². The molecular weight excluding hydrogens is 448 g/mol. The van der Waals surface area contributed by atoms with E-state index in [0.29, 0.717) is 41.4 Å². The second kappa shape index (κ2) is 12.9. The predicted octanol–water partition coefficient (Wildman–Crippen LogP) is 4.28. The standard InChI is InChI=1S/C27H28N2O6/c1-3-16-34-22-13-11-21(12-14-22)27(32)35-23-15-10-19(17-24(23)33-4-2)18-28-29-26(31)25(30)20-8-6-5-7-9-20/h5-15,17-18,25,30H,3-4,16H2,1-2H3,(H,29,31)/b28-18+.